The van der Waals surface area contributed by atoms with E-state index in [1.54, 1.807) is 6.92 Å². The summed E-state index contributed by atoms with van der Waals surface area (Å²) in [5.41, 5.74) is -1.68. The lowest BCUT2D eigenvalue weighted by Crippen LogP contribution is -2.66. The van der Waals surface area contributed by atoms with E-state index in [1.165, 1.54) is 0 Å². The fourth-order valence-corrected chi connectivity index (χ4v) is 4.98. The largest absolute Gasteiger partial charge is 0.826 e. The zero-order chi connectivity index (χ0) is 18.8. The maximum atomic E-state index is 12.9. The molecule has 0 radical (unpaired) electrons. The summed E-state index contributed by atoms with van der Waals surface area (Å²) in [6.45, 7) is 1.78. The van der Waals surface area contributed by atoms with Crippen LogP contribution in [-0.2, 0) is 9.47 Å². The SMILES string of the molecule is CCC1O[C@H](O[C@@]([O-])(CCl)C(O)C2(O)C[C@@H]2CCl)C(O)C2C(O)[C@@]12Cl. The molecule has 1 heterocycles. The maximum absolute atomic E-state index is 12.9. The van der Waals surface area contributed by atoms with Crippen molar-refractivity contribution in [3.8, 4) is 0 Å². The Balaban J connectivity index is 1.75. The lowest BCUT2D eigenvalue weighted by Gasteiger charge is -2.49. The third kappa shape index (κ3) is 2.92. The van der Waals surface area contributed by atoms with Crippen LogP contribution in [0.3, 0.4) is 0 Å². The Morgan fingerprint density at radius 1 is 1.40 bits per heavy atom. The van der Waals surface area contributed by atoms with Crippen molar-refractivity contribution in [2.75, 3.05) is 11.8 Å². The molecule has 0 aromatic heterocycles. The number of aliphatic hydroxyl groups excluding tert-OH is 3. The van der Waals surface area contributed by atoms with E-state index in [9.17, 15) is 25.5 Å². The average Bonchev–Trinajstić information content (AvgIpc) is 3.43. The molecule has 0 amide bonds. The Hall–Kier alpha value is 0.590. The van der Waals surface area contributed by atoms with E-state index < -0.39 is 64.7 Å². The van der Waals surface area contributed by atoms with E-state index in [1.807, 2.05) is 0 Å². The van der Waals surface area contributed by atoms with Crippen molar-refractivity contribution in [3.63, 3.8) is 0 Å². The first-order valence-corrected chi connectivity index (χ1v) is 9.66. The molecule has 6 unspecified atom stereocenters. The zero-order valence-electron chi connectivity index (χ0n) is 13.5. The maximum Gasteiger partial charge on any atom is 0.183 e. The molecule has 10 heteroatoms. The second-order valence-corrected chi connectivity index (χ2v) is 8.43. The Morgan fingerprint density at radius 2 is 2.04 bits per heavy atom. The second kappa shape index (κ2) is 6.58. The van der Waals surface area contributed by atoms with Crippen molar-refractivity contribution >= 4 is 34.8 Å². The number of rotatable bonds is 7. The van der Waals surface area contributed by atoms with E-state index in [0.29, 0.717) is 6.42 Å². The van der Waals surface area contributed by atoms with Crippen molar-refractivity contribution in [2.24, 2.45) is 11.8 Å². The Bertz CT molecular complexity index is 523. The third-order valence-corrected chi connectivity index (χ3v) is 7.17. The first-order valence-electron chi connectivity index (χ1n) is 8.21. The quantitative estimate of drug-likeness (QED) is 0.311. The van der Waals surface area contributed by atoms with Gasteiger partial charge in [-0.25, -0.2) is 0 Å². The number of halogens is 3. The van der Waals surface area contributed by atoms with Crippen LogP contribution in [0.2, 0.25) is 0 Å². The molecular weight excluding hydrogens is 399 g/mol. The van der Waals surface area contributed by atoms with Gasteiger partial charge >= 0.3 is 0 Å². The predicted octanol–water partition coefficient (Wildman–Crippen LogP) is -0.887. The van der Waals surface area contributed by atoms with E-state index in [0.717, 1.165) is 0 Å². The van der Waals surface area contributed by atoms with Crippen molar-refractivity contribution in [1.82, 2.24) is 0 Å². The lowest BCUT2D eigenvalue weighted by molar-refractivity contribution is -0.588. The van der Waals surface area contributed by atoms with Gasteiger partial charge in [-0.15, -0.1) is 34.8 Å². The monoisotopic (exact) mass is 419 g/mol. The summed E-state index contributed by atoms with van der Waals surface area (Å²) in [6.07, 6.45) is -5.70. The van der Waals surface area contributed by atoms with E-state index in [-0.39, 0.29) is 12.3 Å². The van der Waals surface area contributed by atoms with Crippen molar-refractivity contribution in [1.29, 1.82) is 0 Å². The van der Waals surface area contributed by atoms with Crippen LogP contribution in [0, 0.1) is 11.8 Å². The van der Waals surface area contributed by atoms with Gasteiger partial charge < -0.3 is 35.0 Å². The normalized spacial score (nSPS) is 52.2. The first kappa shape index (κ1) is 20.3. The summed E-state index contributed by atoms with van der Waals surface area (Å²) >= 11 is 17.7. The van der Waals surface area contributed by atoms with Gasteiger partial charge in [0.05, 0.1) is 23.9 Å². The van der Waals surface area contributed by atoms with Gasteiger partial charge in [0, 0.05) is 29.4 Å². The predicted molar refractivity (Wildman–Crippen MR) is 87.4 cm³/mol. The zero-order valence-corrected chi connectivity index (χ0v) is 15.8. The highest BCUT2D eigenvalue weighted by Crippen LogP contribution is 2.60. The summed E-state index contributed by atoms with van der Waals surface area (Å²) in [7, 11) is 0. The number of ether oxygens (including phenoxy) is 2. The molecule has 3 fully saturated rings. The molecule has 0 spiro atoms. The number of hydrogen-bond acceptors (Lipinski definition) is 7. The van der Waals surface area contributed by atoms with E-state index in [2.05, 4.69) is 0 Å². The Morgan fingerprint density at radius 3 is 2.52 bits per heavy atom. The van der Waals surface area contributed by atoms with Gasteiger partial charge in [0.2, 0.25) is 0 Å². The number of fused-ring (bicyclic) bond motifs is 1. The fraction of sp³-hybridized carbons (Fsp3) is 1.00. The molecule has 0 aromatic carbocycles. The lowest BCUT2D eigenvalue weighted by atomic mass is 10.0. The summed E-state index contributed by atoms with van der Waals surface area (Å²) < 4.78 is 10.9. The molecule has 2 saturated carbocycles. The van der Waals surface area contributed by atoms with Gasteiger partial charge in [0.25, 0.3) is 0 Å². The third-order valence-electron chi connectivity index (χ3n) is 5.70. The Labute approximate surface area is 160 Å². The molecule has 10 atom stereocenters. The minimum Gasteiger partial charge on any atom is -0.826 e. The van der Waals surface area contributed by atoms with Crippen molar-refractivity contribution < 1.29 is 35.0 Å². The van der Waals surface area contributed by atoms with Crippen LogP contribution in [0.5, 0.6) is 0 Å². The highest BCUT2D eigenvalue weighted by Gasteiger charge is 2.75. The van der Waals surface area contributed by atoms with Crippen LogP contribution in [0.25, 0.3) is 0 Å². The van der Waals surface area contributed by atoms with Crippen LogP contribution in [0.15, 0.2) is 0 Å². The molecule has 25 heavy (non-hydrogen) atoms. The van der Waals surface area contributed by atoms with Crippen LogP contribution in [-0.4, -0.2) is 79.2 Å². The molecular formula is C15H22Cl3O7-. The molecule has 4 N–H and O–H groups in total. The van der Waals surface area contributed by atoms with Gasteiger partial charge in [-0.05, 0) is 12.8 Å². The van der Waals surface area contributed by atoms with Gasteiger partial charge in [-0.2, -0.15) is 0 Å². The van der Waals surface area contributed by atoms with Crippen LogP contribution in [0.4, 0.5) is 0 Å². The summed E-state index contributed by atoms with van der Waals surface area (Å²) in [5.74, 6) is -4.38. The first-order chi connectivity index (χ1) is 11.6. The standard InChI is InChI=1S/C15H22Cl3O7/c1-2-7-15(18)8(10(15)20)9(19)11(24-7)25-14(23,5-17)12(21)13(22)3-6(13)4-16/h6-12,19-22H,2-5H2,1H3/q-1/t6-,7?,8?,9?,10?,11-,12?,13?,14+,15-/m1/s1. The van der Waals surface area contributed by atoms with Crippen molar-refractivity contribution in [2.45, 2.75) is 66.7 Å². The van der Waals surface area contributed by atoms with E-state index >= 15 is 0 Å². The smallest absolute Gasteiger partial charge is 0.183 e. The number of alkyl halides is 3. The minimum atomic E-state index is -2.62. The molecule has 1 saturated heterocycles. The fourth-order valence-electron chi connectivity index (χ4n) is 3.87. The highest BCUT2D eigenvalue weighted by molar-refractivity contribution is 6.27. The van der Waals surface area contributed by atoms with Crippen LogP contribution >= 0.6 is 34.8 Å². The van der Waals surface area contributed by atoms with Crippen LogP contribution < -0.4 is 5.11 Å². The molecule has 7 nitrogen and oxygen atoms in total. The summed E-state index contributed by atoms with van der Waals surface area (Å²) in [6, 6.07) is 0. The molecule has 0 bridgehead atoms. The molecule has 2 aliphatic carbocycles. The average molecular weight is 421 g/mol. The Kier molecular flexibility index (Phi) is 5.35. The second-order valence-electron chi connectivity index (χ2n) is 7.20. The molecule has 1 aliphatic heterocycles. The molecule has 146 valence electrons. The number of hydrogen-bond donors (Lipinski definition) is 4. The number of aliphatic hydroxyl groups is 4. The van der Waals surface area contributed by atoms with Gasteiger partial charge in [0.15, 0.2) is 6.29 Å². The van der Waals surface area contributed by atoms with Crippen molar-refractivity contribution in [3.05, 3.63) is 0 Å². The van der Waals surface area contributed by atoms with E-state index in [4.69, 9.17) is 44.3 Å². The summed E-state index contributed by atoms with van der Waals surface area (Å²) in [5, 5.41) is 53.9. The van der Waals surface area contributed by atoms with Gasteiger partial charge in [0.1, 0.15) is 11.0 Å². The summed E-state index contributed by atoms with van der Waals surface area (Å²) in [4.78, 5) is -1.11. The molecule has 0 aromatic rings. The molecule has 3 rings (SSSR count). The molecule has 3 aliphatic rings. The minimum absolute atomic E-state index is 0.0788. The van der Waals surface area contributed by atoms with Gasteiger partial charge in [-0.3, -0.25) is 0 Å². The van der Waals surface area contributed by atoms with Gasteiger partial charge in [-0.1, -0.05) is 6.92 Å². The topological polar surface area (TPSA) is 122 Å². The van der Waals surface area contributed by atoms with Crippen LogP contribution in [0.1, 0.15) is 19.8 Å². The highest BCUT2D eigenvalue weighted by atomic mass is 35.5.